The Morgan fingerprint density at radius 3 is 2.70 bits per heavy atom. The molecule has 2 aliphatic rings. The van der Waals surface area contributed by atoms with Crippen molar-refractivity contribution in [3.05, 3.63) is 35.4 Å². The van der Waals surface area contributed by atoms with Crippen LogP contribution in [0.25, 0.3) is 10.8 Å². The lowest BCUT2D eigenvalue weighted by Gasteiger charge is -2.24. The van der Waals surface area contributed by atoms with Crippen LogP contribution < -0.4 is 0 Å². The first-order chi connectivity index (χ1) is 14.1. The highest BCUT2D eigenvalue weighted by Gasteiger charge is 2.50. The van der Waals surface area contributed by atoms with Gasteiger partial charge >= 0.3 is 5.97 Å². The summed E-state index contributed by atoms with van der Waals surface area (Å²) < 4.78 is 36.7. The number of aliphatic carboxylic acids is 1. The van der Waals surface area contributed by atoms with E-state index in [1.807, 2.05) is 6.07 Å². The van der Waals surface area contributed by atoms with Gasteiger partial charge in [-0.25, -0.2) is 0 Å². The lowest BCUT2D eigenvalue weighted by molar-refractivity contribution is -0.444. The van der Waals surface area contributed by atoms with E-state index < -0.39 is 16.1 Å². The van der Waals surface area contributed by atoms with Crippen molar-refractivity contribution in [2.24, 2.45) is 0 Å². The molecule has 4 rings (SSSR count). The average molecular weight is 431 g/mol. The van der Waals surface area contributed by atoms with E-state index in [-0.39, 0.29) is 16.7 Å². The Bertz CT molecular complexity index is 1180. The number of nitrogens with zero attached hydrogens (tertiary/aromatic N) is 1. The van der Waals surface area contributed by atoms with E-state index in [1.165, 1.54) is 17.3 Å². The van der Waals surface area contributed by atoms with Crippen LogP contribution in [0.4, 0.5) is 5.69 Å². The van der Waals surface area contributed by atoms with E-state index in [1.54, 1.807) is 6.07 Å². The summed E-state index contributed by atoms with van der Waals surface area (Å²) >= 11 is 0. The largest absolute Gasteiger partial charge is 0.481 e. The summed E-state index contributed by atoms with van der Waals surface area (Å²) in [7, 11) is -4.37. The second-order valence-corrected chi connectivity index (χ2v) is 10.1. The highest BCUT2D eigenvalue weighted by molar-refractivity contribution is 7.86. The molecule has 0 saturated carbocycles. The second-order valence-electron chi connectivity index (χ2n) is 8.72. The quantitative estimate of drug-likeness (QED) is 0.385. The molecule has 7 heteroatoms. The van der Waals surface area contributed by atoms with Crippen LogP contribution in [0, 0.1) is 0 Å². The summed E-state index contributed by atoms with van der Waals surface area (Å²) in [5.41, 5.74) is 4.17. The van der Waals surface area contributed by atoms with Crippen molar-refractivity contribution in [1.82, 2.24) is 0 Å². The fourth-order valence-electron chi connectivity index (χ4n) is 5.31. The van der Waals surface area contributed by atoms with Crippen molar-refractivity contribution in [3.8, 4) is 0 Å². The number of carbonyl (C=O) groups is 1. The number of hydrogen-bond acceptors (Lipinski definition) is 3. The van der Waals surface area contributed by atoms with Gasteiger partial charge in [0, 0.05) is 36.3 Å². The fourth-order valence-corrected chi connectivity index (χ4v) is 6.04. The van der Waals surface area contributed by atoms with Gasteiger partial charge in [-0.2, -0.15) is 13.0 Å². The van der Waals surface area contributed by atoms with Gasteiger partial charge in [-0.05, 0) is 43.7 Å². The van der Waals surface area contributed by atoms with Crippen molar-refractivity contribution in [1.29, 1.82) is 0 Å². The summed E-state index contributed by atoms with van der Waals surface area (Å²) in [6.07, 6.45) is 5.27. The Balaban J connectivity index is 1.88. The molecule has 6 nitrogen and oxygen atoms in total. The predicted octanol–water partition coefficient (Wildman–Crippen LogP) is 4.44. The number of carboxylic acids is 1. The number of rotatable bonds is 7. The first kappa shape index (κ1) is 21.0. The molecule has 0 fully saturated rings. The number of hydrogen-bond donors (Lipinski definition) is 2. The van der Waals surface area contributed by atoms with E-state index in [4.69, 9.17) is 5.11 Å². The molecule has 1 atom stereocenters. The van der Waals surface area contributed by atoms with Crippen molar-refractivity contribution in [2.45, 2.75) is 69.1 Å². The highest BCUT2D eigenvalue weighted by Crippen LogP contribution is 2.51. The average Bonchev–Trinajstić information content (AvgIpc) is 2.90. The summed E-state index contributed by atoms with van der Waals surface area (Å²) in [6.45, 7) is 5.18. The van der Waals surface area contributed by atoms with E-state index in [9.17, 15) is 17.8 Å². The minimum Gasteiger partial charge on any atom is -0.481 e. The zero-order valence-corrected chi connectivity index (χ0v) is 18.3. The van der Waals surface area contributed by atoms with Crippen LogP contribution in [-0.2, 0) is 26.7 Å². The van der Waals surface area contributed by atoms with Crippen LogP contribution in [0.2, 0.25) is 0 Å². The first-order valence-corrected chi connectivity index (χ1v) is 12.0. The normalized spacial score (nSPS) is 20.6. The first-order valence-electron chi connectivity index (χ1n) is 10.5. The van der Waals surface area contributed by atoms with E-state index in [0.29, 0.717) is 11.8 Å². The molecule has 1 unspecified atom stereocenters. The second kappa shape index (κ2) is 7.46. The van der Waals surface area contributed by atoms with Crippen LogP contribution in [0.3, 0.4) is 0 Å². The van der Waals surface area contributed by atoms with Crippen molar-refractivity contribution < 1.29 is 27.4 Å². The lowest BCUT2D eigenvalue weighted by atomic mass is 9.73. The molecule has 2 N–H and O–H groups in total. The molecule has 30 heavy (non-hydrogen) atoms. The van der Waals surface area contributed by atoms with Crippen molar-refractivity contribution in [3.63, 3.8) is 0 Å². The molecule has 0 spiro atoms. The monoisotopic (exact) mass is 430 g/mol. The topological polar surface area (TPSA) is 94.7 Å². The minimum atomic E-state index is -4.37. The minimum absolute atomic E-state index is 0.0323. The molecule has 0 saturated heterocycles. The Labute approximate surface area is 177 Å². The third kappa shape index (κ3) is 3.34. The van der Waals surface area contributed by atoms with Gasteiger partial charge in [0.15, 0.2) is 5.71 Å². The zero-order chi connectivity index (χ0) is 21.7. The zero-order valence-electron chi connectivity index (χ0n) is 17.4. The maximum atomic E-state index is 12.2. The Hall–Kier alpha value is -2.25. The SMILES string of the molecule is CC1=[N+]2CCCc3cc4cccc(S(=O)(=O)O)c4c(c32)C1(C)CCCCCC(=O)O. The molecule has 0 aliphatic carbocycles. The van der Waals surface area contributed by atoms with Gasteiger partial charge in [0.25, 0.3) is 10.1 Å². The number of unbranched alkanes of at least 4 members (excludes halogenated alkanes) is 2. The molecule has 2 aliphatic heterocycles. The van der Waals surface area contributed by atoms with Gasteiger partial charge in [-0.15, -0.1) is 0 Å². The van der Waals surface area contributed by atoms with Gasteiger partial charge in [0.1, 0.15) is 11.4 Å². The van der Waals surface area contributed by atoms with E-state index >= 15 is 0 Å². The number of carboxylic acid groups (broad SMARTS) is 1. The summed E-state index contributed by atoms with van der Waals surface area (Å²) in [4.78, 5) is 10.8. The Morgan fingerprint density at radius 2 is 2.00 bits per heavy atom. The lowest BCUT2D eigenvalue weighted by Crippen LogP contribution is -2.31. The highest BCUT2D eigenvalue weighted by atomic mass is 32.2. The molecule has 0 aromatic heterocycles. The van der Waals surface area contributed by atoms with Crippen LogP contribution in [0.5, 0.6) is 0 Å². The molecule has 0 radical (unpaired) electrons. The molecule has 0 amide bonds. The molecule has 2 aromatic rings. The fraction of sp³-hybridized carbons (Fsp3) is 0.478. The third-order valence-corrected chi connectivity index (χ3v) is 7.77. The van der Waals surface area contributed by atoms with E-state index in [2.05, 4.69) is 24.5 Å². The summed E-state index contributed by atoms with van der Waals surface area (Å²) in [5.74, 6) is -0.777. The van der Waals surface area contributed by atoms with Gasteiger partial charge in [0.2, 0.25) is 5.69 Å². The van der Waals surface area contributed by atoms with Gasteiger partial charge in [-0.1, -0.05) is 25.0 Å². The number of aryl methyl sites for hydroxylation is 1. The molecular weight excluding hydrogens is 402 g/mol. The number of fused-ring (bicyclic) bond motifs is 2. The maximum Gasteiger partial charge on any atom is 0.303 e. The molecular formula is C23H28NO5S+. The van der Waals surface area contributed by atoms with Crippen LogP contribution in [0.1, 0.15) is 63.5 Å². The van der Waals surface area contributed by atoms with Crippen LogP contribution in [-0.4, -0.2) is 40.9 Å². The Kier molecular flexibility index (Phi) is 5.22. The number of benzene rings is 2. The summed E-state index contributed by atoms with van der Waals surface area (Å²) in [6, 6.07) is 7.15. The molecule has 2 heterocycles. The third-order valence-electron chi connectivity index (χ3n) is 6.88. The Morgan fingerprint density at radius 1 is 1.23 bits per heavy atom. The molecule has 160 valence electrons. The van der Waals surface area contributed by atoms with Crippen molar-refractivity contribution >= 4 is 38.3 Å². The van der Waals surface area contributed by atoms with Gasteiger partial charge < -0.3 is 5.11 Å². The van der Waals surface area contributed by atoms with E-state index in [0.717, 1.165) is 55.3 Å². The standard InChI is InChI=1S/C23H27NO5S/c1-15-23(2,12-5-3-4-11-19(25)26)21-20-16(8-6-10-18(20)30(27,28)29)14-17-9-7-13-24(15)22(17)21/h6,8,10,14H,3-5,7,9,11-13H2,1-2H3,(H-,25,26,27,28,29)/p+1. The van der Waals surface area contributed by atoms with Crippen molar-refractivity contribution in [2.75, 3.05) is 6.54 Å². The van der Waals surface area contributed by atoms with Crippen LogP contribution >= 0.6 is 0 Å². The van der Waals surface area contributed by atoms with Crippen LogP contribution in [0.15, 0.2) is 29.2 Å². The predicted molar refractivity (Wildman–Crippen MR) is 116 cm³/mol. The molecule has 2 aromatic carbocycles. The summed E-state index contributed by atoms with van der Waals surface area (Å²) in [5, 5.41) is 10.3. The molecule has 0 bridgehead atoms. The van der Waals surface area contributed by atoms with Gasteiger partial charge in [-0.3, -0.25) is 9.35 Å². The maximum absolute atomic E-state index is 12.2. The van der Waals surface area contributed by atoms with Gasteiger partial charge in [0.05, 0.1) is 5.41 Å². The smallest absolute Gasteiger partial charge is 0.303 e.